The van der Waals surface area contributed by atoms with Crippen LogP contribution in [-0.4, -0.2) is 46.2 Å². The first-order chi connectivity index (χ1) is 9.99. The maximum absolute atomic E-state index is 12.6. The lowest BCUT2D eigenvalue weighted by Crippen LogP contribution is -2.30. The van der Waals surface area contributed by atoms with E-state index in [4.69, 9.17) is 5.11 Å². The van der Waals surface area contributed by atoms with Gasteiger partial charge in [0, 0.05) is 19.5 Å². The molecule has 1 heterocycles. The van der Waals surface area contributed by atoms with Crippen LogP contribution in [0.1, 0.15) is 12.2 Å². The van der Waals surface area contributed by atoms with Gasteiger partial charge in [-0.3, -0.25) is 14.2 Å². The highest BCUT2D eigenvalue weighted by Gasteiger charge is 2.12. The second kappa shape index (κ2) is 6.49. The molecule has 112 valence electrons. The molecule has 0 saturated heterocycles. The van der Waals surface area contributed by atoms with E-state index in [0.717, 1.165) is 0 Å². The first kappa shape index (κ1) is 15.2. The van der Waals surface area contributed by atoms with Crippen LogP contribution in [0, 0.1) is 0 Å². The number of hydrogen-bond donors (Lipinski definition) is 1. The fraction of sp³-hybridized carbons (Fsp3) is 0.400. The van der Waals surface area contributed by atoms with Gasteiger partial charge in [-0.2, -0.15) is 0 Å². The maximum Gasteiger partial charge on any atom is 0.303 e. The number of carbonyl (C=O) groups is 1. The number of hydrogen-bond acceptors (Lipinski definition) is 4. The zero-order chi connectivity index (χ0) is 15.4. The molecule has 1 aromatic heterocycles. The minimum atomic E-state index is -0.892. The number of carboxylic acid groups (broad SMARTS) is 1. The van der Waals surface area contributed by atoms with Crippen LogP contribution in [0.25, 0.3) is 10.9 Å². The second-order valence-corrected chi connectivity index (χ2v) is 5.20. The van der Waals surface area contributed by atoms with Crippen molar-refractivity contribution in [3.8, 4) is 0 Å². The Bertz CT molecular complexity index is 707. The van der Waals surface area contributed by atoms with E-state index in [1.165, 1.54) is 0 Å². The van der Waals surface area contributed by atoms with Crippen LogP contribution in [0.2, 0.25) is 0 Å². The van der Waals surface area contributed by atoms with E-state index >= 15 is 0 Å². The summed E-state index contributed by atoms with van der Waals surface area (Å²) in [7, 11) is 3.85. The molecule has 6 heteroatoms. The van der Waals surface area contributed by atoms with Crippen LogP contribution in [0.15, 0.2) is 29.1 Å². The summed E-state index contributed by atoms with van der Waals surface area (Å²) in [6, 6.07) is 7.15. The van der Waals surface area contributed by atoms with Crippen LogP contribution >= 0.6 is 0 Å². The van der Waals surface area contributed by atoms with Gasteiger partial charge >= 0.3 is 5.97 Å². The fourth-order valence-electron chi connectivity index (χ4n) is 2.15. The topological polar surface area (TPSA) is 75.4 Å². The van der Waals surface area contributed by atoms with Crippen molar-refractivity contribution >= 4 is 16.9 Å². The number of rotatable bonds is 6. The largest absolute Gasteiger partial charge is 0.481 e. The Kier molecular flexibility index (Phi) is 4.70. The van der Waals surface area contributed by atoms with Gasteiger partial charge in [0.2, 0.25) is 0 Å². The highest BCUT2D eigenvalue weighted by Crippen LogP contribution is 2.09. The SMILES string of the molecule is CN(C)CCn1c(CCC(=O)O)nc2ccccc2c1=O. The Morgan fingerprint density at radius 3 is 2.71 bits per heavy atom. The monoisotopic (exact) mass is 289 g/mol. The van der Waals surface area contributed by atoms with Crippen LogP contribution in [0.5, 0.6) is 0 Å². The molecule has 2 aromatic rings. The summed E-state index contributed by atoms with van der Waals surface area (Å²) < 4.78 is 1.59. The number of nitrogens with zero attached hydrogens (tertiary/aromatic N) is 3. The lowest BCUT2D eigenvalue weighted by atomic mass is 10.2. The number of para-hydroxylation sites is 1. The number of fused-ring (bicyclic) bond motifs is 1. The Balaban J connectivity index is 2.48. The molecule has 21 heavy (non-hydrogen) atoms. The number of aryl methyl sites for hydroxylation is 1. The third kappa shape index (κ3) is 3.66. The average molecular weight is 289 g/mol. The molecule has 0 radical (unpaired) electrons. The number of aromatic nitrogens is 2. The van der Waals surface area contributed by atoms with Gasteiger partial charge in [-0.1, -0.05) is 12.1 Å². The van der Waals surface area contributed by atoms with Gasteiger partial charge in [0.25, 0.3) is 5.56 Å². The van der Waals surface area contributed by atoms with Gasteiger partial charge in [-0.15, -0.1) is 0 Å². The highest BCUT2D eigenvalue weighted by atomic mass is 16.4. The third-order valence-corrected chi connectivity index (χ3v) is 3.27. The van der Waals surface area contributed by atoms with Crippen molar-refractivity contribution in [2.45, 2.75) is 19.4 Å². The molecule has 1 N–H and O–H groups in total. The summed E-state index contributed by atoms with van der Waals surface area (Å²) in [6.45, 7) is 1.19. The van der Waals surface area contributed by atoms with Gasteiger partial charge in [0.1, 0.15) is 5.82 Å². The normalized spacial score (nSPS) is 11.2. The van der Waals surface area contributed by atoms with Gasteiger partial charge in [-0.25, -0.2) is 4.98 Å². The van der Waals surface area contributed by atoms with E-state index in [2.05, 4.69) is 4.98 Å². The molecule has 0 aliphatic heterocycles. The Labute approximate surface area is 122 Å². The first-order valence-electron chi connectivity index (χ1n) is 6.84. The Morgan fingerprint density at radius 1 is 1.33 bits per heavy atom. The lowest BCUT2D eigenvalue weighted by Gasteiger charge is -2.15. The van der Waals surface area contributed by atoms with Gasteiger partial charge < -0.3 is 10.0 Å². The van der Waals surface area contributed by atoms with Crippen molar-refractivity contribution in [1.82, 2.24) is 14.5 Å². The van der Waals surface area contributed by atoms with E-state index in [0.29, 0.717) is 29.8 Å². The molecule has 0 amide bonds. The zero-order valence-corrected chi connectivity index (χ0v) is 12.2. The molecule has 0 atom stereocenters. The summed E-state index contributed by atoms with van der Waals surface area (Å²) >= 11 is 0. The number of likely N-dealkylation sites (N-methyl/N-ethyl adjacent to an activating group) is 1. The molecule has 1 aromatic carbocycles. The van der Waals surface area contributed by atoms with E-state index in [-0.39, 0.29) is 18.4 Å². The number of benzene rings is 1. The van der Waals surface area contributed by atoms with Crippen molar-refractivity contribution in [3.63, 3.8) is 0 Å². The minimum Gasteiger partial charge on any atom is -0.481 e. The summed E-state index contributed by atoms with van der Waals surface area (Å²) in [4.78, 5) is 29.8. The quantitative estimate of drug-likeness (QED) is 0.858. The smallest absolute Gasteiger partial charge is 0.303 e. The predicted octanol–water partition coefficient (Wildman–Crippen LogP) is 0.975. The second-order valence-electron chi connectivity index (χ2n) is 5.20. The van der Waals surface area contributed by atoms with Crippen molar-refractivity contribution in [3.05, 3.63) is 40.4 Å². The van der Waals surface area contributed by atoms with Crippen LogP contribution in [0.3, 0.4) is 0 Å². The summed E-state index contributed by atoms with van der Waals surface area (Å²) in [5.41, 5.74) is 0.506. The average Bonchev–Trinajstić information content (AvgIpc) is 2.44. The molecule has 0 spiro atoms. The summed E-state index contributed by atoms with van der Waals surface area (Å²) in [5.74, 6) is -0.362. The molecule has 0 bridgehead atoms. The van der Waals surface area contributed by atoms with E-state index < -0.39 is 5.97 Å². The number of aliphatic carboxylic acids is 1. The molecule has 6 nitrogen and oxygen atoms in total. The van der Waals surface area contributed by atoms with Crippen molar-refractivity contribution in [2.75, 3.05) is 20.6 Å². The first-order valence-corrected chi connectivity index (χ1v) is 6.84. The van der Waals surface area contributed by atoms with Crippen molar-refractivity contribution in [2.24, 2.45) is 0 Å². The van der Waals surface area contributed by atoms with Gasteiger partial charge in [0.05, 0.1) is 17.3 Å². The molecular formula is C15H19N3O3. The molecule has 0 unspecified atom stereocenters. The van der Waals surface area contributed by atoms with Gasteiger partial charge in [0.15, 0.2) is 0 Å². The lowest BCUT2D eigenvalue weighted by molar-refractivity contribution is -0.137. The third-order valence-electron chi connectivity index (χ3n) is 3.27. The predicted molar refractivity (Wildman–Crippen MR) is 80.5 cm³/mol. The zero-order valence-electron chi connectivity index (χ0n) is 12.2. The van der Waals surface area contributed by atoms with Gasteiger partial charge in [-0.05, 0) is 26.2 Å². The number of carboxylic acids is 1. The standard InChI is InChI=1S/C15H19N3O3/c1-17(2)9-10-18-13(7-8-14(19)20)16-12-6-4-3-5-11(12)15(18)21/h3-6H,7-10H2,1-2H3,(H,19,20). The highest BCUT2D eigenvalue weighted by molar-refractivity contribution is 5.77. The van der Waals surface area contributed by atoms with Crippen molar-refractivity contribution < 1.29 is 9.90 Å². The fourth-order valence-corrected chi connectivity index (χ4v) is 2.15. The minimum absolute atomic E-state index is 0.0350. The van der Waals surface area contributed by atoms with E-state index in [1.54, 1.807) is 22.8 Å². The Morgan fingerprint density at radius 2 is 2.05 bits per heavy atom. The van der Waals surface area contributed by atoms with E-state index in [9.17, 15) is 9.59 Å². The molecule has 2 rings (SSSR count). The molecule has 0 saturated carbocycles. The van der Waals surface area contributed by atoms with Crippen molar-refractivity contribution in [1.29, 1.82) is 0 Å². The molecule has 0 fully saturated rings. The van der Waals surface area contributed by atoms with Crippen LogP contribution in [0.4, 0.5) is 0 Å². The summed E-state index contributed by atoms with van der Waals surface area (Å²) in [5, 5.41) is 9.41. The molecule has 0 aliphatic carbocycles. The van der Waals surface area contributed by atoms with E-state index in [1.807, 2.05) is 25.1 Å². The molecule has 0 aliphatic rings. The maximum atomic E-state index is 12.6. The van der Waals surface area contributed by atoms with Crippen LogP contribution in [-0.2, 0) is 17.8 Å². The Hall–Kier alpha value is -2.21. The van der Waals surface area contributed by atoms with Crippen LogP contribution < -0.4 is 5.56 Å². The molecular weight excluding hydrogens is 270 g/mol. The summed E-state index contributed by atoms with van der Waals surface area (Å²) in [6.07, 6.45) is 0.218.